The minimum atomic E-state index is -0.437. The van der Waals surface area contributed by atoms with Gasteiger partial charge in [0.2, 0.25) is 5.78 Å². The van der Waals surface area contributed by atoms with Gasteiger partial charge in [0, 0.05) is 22.1 Å². The second-order valence-corrected chi connectivity index (χ2v) is 5.37. The number of carbonyl (C=O) groups is 1. The first-order valence-electron chi connectivity index (χ1n) is 5.99. The van der Waals surface area contributed by atoms with Crippen LogP contribution in [-0.4, -0.2) is 11.9 Å². The van der Waals surface area contributed by atoms with E-state index in [0.29, 0.717) is 17.7 Å². The number of hydrogen-bond acceptors (Lipinski definition) is 3. The molecule has 0 bridgehead atoms. The summed E-state index contributed by atoms with van der Waals surface area (Å²) in [5.41, 5.74) is 8.03. The number of Topliss-reactive ketones (excluding diaryl/α,β-unsaturated/α-hetero) is 1. The number of ketones is 1. The molecule has 0 spiro atoms. The van der Waals surface area contributed by atoms with E-state index in [-0.39, 0.29) is 5.78 Å². The molecule has 1 unspecified atom stereocenters. The Kier molecular flexibility index (Phi) is 3.03. The molecule has 19 heavy (non-hydrogen) atoms. The zero-order chi connectivity index (χ0) is 13.4. The van der Waals surface area contributed by atoms with Crippen molar-refractivity contribution >= 4 is 27.4 Å². The topological polar surface area (TPSA) is 52.3 Å². The summed E-state index contributed by atoms with van der Waals surface area (Å²) in [6.45, 7) is 0. The second kappa shape index (κ2) is 4.70. The third kappa shape index (κ3) is 2.24. The van der Waals surface area contributed by atoms with E-state index >= 15 is 0 Å². The average Bonchev–Trinajstić information content (AvgIpc) is 2.85. The quantitative estimate of drug-likeness (QED) is 0.683. The van der Waals surface area contributed by atoms with Crippen LogP contribution in [0.5, 0.6) is 5.75 Å². The maximum atomic E-state index is 12.4. The molecule has 3 nitrogen and oxygen atoms in total. The van der Waals surface area contributed by atoms with Crippen LogP contribution in [0.3, 0.4) is 0 Å². The van der Waals surface area contributed by atoms with Gasteiger partial charge in [0.25, 0.3) is 0 Å². The van der Waals surface area contributed by atoms with E-state index in [0.717, 1.165) is 15.8 Å². The average molecular weight is 318 g/mol. The van der Waals surface area contributed by atoms with Crippen molar-refractivity contribution in [3.63, 3.8) is 0 Å². The van der Waals surface area contributed by atoms with Crippen LogP contribution < -0.4 is 10.5 Å². The van der Waals surface area contributed by atoms with Crippen molar-refractivity contribution in [3.05, 3.63) is 58.1 Å². The highest BCUT2D eigenvalue weighted by Gasteiger charge is 2.29. The van der Waals surface area contributed by atoms with E-state index in [2.05, 4.69) is 15.9 Å². The van der Waals surface area contributed by atoms with Crippen molar-refractivity contribution in [3.8, 4) is 5.75 Å². The van der Waals surface area contributed by atoms with E-state index in [4.69, 9.17) is 10.5 Å². The van der Waals surface area contributed by atoms with Crippen LogP contribution in [0.1, 0.15) is 15.9 Å². The van der Waals surface area contributed by atoms with E-state index in [1.807, 2.05) is 24.3 Å². The predicted octanol–water partition coefficient (Wildman–Crippen LogP) is 3.22. The summed E-state index contributed by atoms with van der Waals surface area (Å²) in [5, 5.41) is 0. The van der Waals surface area contributed by atoms with Crippen LogP contribution in [0.4, 0.5) is 5.69 Å². The van der Waals surface area contributed by atoms with Crippen molar-refractivity contribution < 1.29 is 9.53 Å². The lowest BCUT2D eigenvalue weighted by atomic mass is 10.0. The zero-order valence-corrected chi connectivity index (χ0v) is 11.7. The van der Waals surface area contributed by atoms with Gasteiger partial charge in [-0.05, 0) is 45.8 Å². The van der Waals surface area contributed by atoms with Crippen molar-refractivity contribution in [1.82, 2.24) is 0 Å². The Morgan fingerprint density at radius 3 is 2.79 bits per heavy atom. The van der Waals surface area contributed by atoms with Crippen LogP contribution in [0.2, 0.25) is 0 Å². The first kappa shape index (κ1) is 12.2. The van der Waals surface area contributed by atoms with Crippen LogP contribution in [-0.2, 0) is 6.42 Å². The minimum Gasteiger partial charge on any atom is -0.482 e. The molecular formula is C15H12BrNO2. The van der Waals surface area contributed by atoms with Crippen LogP contribution in [0.25, 0.3) is 0 Å². The first-order valence-corrected chi connectivity index (χ1v) is 6.78. The van der Waals surface area contributed by atoms with Crippen LogP contribution in [0.15, 0.2) is 46.9 Å². The molecule has 4 heteroatoms. The zero-order valence-electron chi connectivity index (χ0n) is 10.1. The molecule has 0 amide bonds. The number of anilines is 1. The predicted molar refractivity (Wildman–Crippen MR) is 77.4 cm³/mol. The molecule has 2 aromatic carbocycles. The maximum absolute atomic E-state index is 12.4. The number of fused-ring (bicyclic) bond motifs is 1. The van der Waals surface area contributed by atoms with Gasteiger partial charge in [0.15, 0.2) is 6.10 Å². The Morgan fingerprint density at radius 2 is 2.05 bits per heavy atom. The van der Waals surface area contributed by atoms with Gasteiger partial charge >= 0.3 is 0 Å². The fourth-order valence-corrected chi connectivity index (χ4v) is 2.57. The first-order chi connectivity index (χ1) is 9.15. The lowest BCUT2D eigenvalue weighted by molar-refractivity contribution is 0.0824. The number of nitrogen functional groups attached to an aromatic ring is 1. The molecule has 96 valence electrons. The number of hydrogen-bond donors (Lipinski definition) is 1. The van der Waals surface area contributed by atoms with E-state index < -0.39 is 6.10 Å². The van der Waals surface area contributed by atoms with Gasteiger partial charge in [-0.1, -0.05) is 18.2 Å². The Bertz CT molecular complexity index is 629. The number of carbonyl (C=O) groups excluding carboxylic acids is 1. The third-order valence-corrected chi connectivity index (χ3v) is 3.91. The summed E-state index contributed by atoms with van der Waals surface area (Å²) in [6.07, 6.45) is 0.185. The molecule has 0 radical (unpaired) electrons. The molecule has 3 rings (SSSR count). The van der Waals surface area contributed by atoms with Gasteiger partial charge in [-0.15, -0.1) is 0 Å². The molecule has 0 aromatic heterocycles. The van der Waals surface area contributed by atoms with Crippen LogP contribution >= 0.6 is 15.9 Å². The standard InChI is InChI=1S/C15H12BrNO2/c16-11-7-10(5-6-12(11)17)15(18)14-8-9-3-1-2-4-13(9)19-14/h1-7,14H,8,17H2. The number of benzene rings is 2. The highest BCUT2D eigenvalue weighted by Crippen LogP contribution is 2.30. The molecule has 0 saturated carbocycles. The normalized spacial score (nSPS) is 16.8. The van der Waals surface area contributed by atoms with Gasteiger partial charge in [-0.3, -0.25) is 4.79 Å². The van der Waals surface area contributed by atoms with E-state index in [1.54, 1.807) is 18.2 Å². The lowest BCUT2D eigenvalue weighted by Crippen LogP contribution is -2.25. The number of rotatable bonds is 2. The molecule has 1 aliphatic rings. The monoisotopic (exact) mass is 317 g/mol. The highest BCUT2D eigenvalue weighted by atomic mass is 79.9. The lowest BCUT2D eigenvalue weighted by Gasteiger charge is -2.10. The Morgan fingerprint density at radius 1 is 1.26 bits per heavy atom. The SMILES string of the molecule is Nc1ccc(C(=O)C2Cc3ccccc3O2)cc1Br. The van der Waals surface area contributed by atoms with Gasteiger partial charge in [-0.2, -0.15) is 0 Å². The van der Waals surface area contributed by atoms with Crippen molar-refractivity contribution in [2.24, 2.45) is 0 Å². The summed E-state index contributed by atoms with van der Waals surface area (Å²) < 4.78 is 6.43. The smallest absolute Gasteiger partial charge is 0.203 e. The van der Waals surface area contributed by atoms with E-state index in [9.17, 15) is 4.79 Å². The number of ether oxygens (including phenoxy) is 1. The Labute approximate surface area is 119 Å². The van der Waals surface area contributed by atoms with Crippen molar-refractivity contribution in [1.29, 1.82) is 0 Å². The Hall–Kier alpha value is -1.81. The molecule has 0 fully saturated rings. The molecule has 2 N–H and O–H groups in total. The van der Waals surface area contributed by atoms with E-state index in [1.165, 1.54) is 0 Å². The minimum absolute atomic E-state index is 0.0168. The van der Waals surface area contributed by atoms with Gasteiger partial charge in [0.1, 0.15) is 5.75 Å². The molecule has 2 aromatic rings. The number of halogens is 1. The summed E-state index contributed by atoms with van der Waals surface area (Å²) in [5.74, 6) is 0.785. The van der Waals surface area contributed by atoms with Gasteiger partial charge in [0.05, 0.1) is 0 Å². The molecular weight excluding hydrogens is 306 g/mol. The third-order valence-electron chi connectivity index (χ3n) is 3.22. The highest BCUT2D eigenvalue weighted by molar-refractivity contribution is 9.10. The number of para-hydroxylation sites is 1. The Balaban J connectivity index is 1.85. The summed E-state index contributed by atoms with van der Waals surface area (Å²) in [4.78, 5) is 12.4. The largest absolute Gasteiger partial charge is 0.482 e. The van der Waals surface area contributed by atoms with Gasteiger partial charge in [-0.25, -0.2) is 0 Å². The van der Waals surface area contributed by atoms with Crippen molar-refractivity contribution in [2.45, 2.75) is 12.5 Å². The van der Waals surface area contributed by atoms with Gasteiger partial charge < -0.3 is 10.5 Å². The van der Waals surface area contributed by atoms with Crippen molar-refractivity contribution in [2.75, 3.05) is 5.73 Å². The number of nitrogens with two attached hydrogens (primary N) is 1. The molecule has 0 saturated heterocycles. The summed E-state index contributed by atoms with van der Waals surface area (Å²) >= 11 is 3.33. The summed E-state index contributed by atoms with van der Waals surface area (Å²) in [6, 6.07) is 12.9. The maximum Gasteiger partial charge on any atom is 0.203 e. The summed E-state index contributed by atoms with van der Waals surface area (Å²) in [7, 11) is 0. The molecule has 0 aliphatic carbocycles. The second-order valence-electron chi connectivity index (χ2n) is 4.52. The molecule has 1 atom stereocenters. The molecule has 1 aliphatic heterocycles. The fraction of sp³-hybridized carbons (Fsp3) is 0.133. The molecule has 1 heterocycles. The fourth-order valence-electron chi connectivity index (χ4n) is 2.19. The van der Waals surface area contributed by atoms with Crippen LogP contribution in [0, 0.1) is 0 Å².